The number of rotatable bonds is 8. The molecule has 48 heavy (non-hydrogen) atoms. The van der Waals surface area contributed by atoms with Gasteiger partial charge in [0.15, 0.2) is 5.75 Å². The Kier molecular flexibility index (Phi) is 7.77. The van der Waals surface area contributed by atoms with Crippen molar-refractivity contribution in [2.75, 3.05) is 10.6 Å². The van der Waals surface area contributed by atoms with Crippen LogP contribution in [0.2, 0.25) is 0 Å². The summed E-state index contributed by atoms with van der Waals surface area (Å²) in [5.41, 5.74) is 16.1. The van der Waals surface area contributed by atoms with Gasteiger partial charge >= 0.3 is 0 Å². The molecule has 2 N–H and O–H groups in total. The van der Waals surface area contributed by atoms with Gasteiger partial charge < -0.3 is 15.4 Å². The number of anilines is 4. The van der Waals surface area contributed by atoms with Crippen molar-refractivity contribution in [3.05, 3.63) is 188 Å². The summed E-state index contributed by atoms with van der Waals surface area (Å²) >= 11 is 0. The van der Waals surface area contributed by atoms with Crippen LogP contribution in [0.15, 0.2) is 182 Å². The number of benzene rings is 8. The summed E-state index contributed by atoms with van der Waals surface area (Å²) in [7, 11) is 0. The number of nitrogens with two attached hydrogens (primary N) is 1. The van der Waals surface area contributed by atoms with Gasteiger partial charge in [0, 0.05) is 22.4 Å². The zero-order valence-electron chi connectivity index (χ0n) is 26.5. The maximum atomic E-state index is 6.44. The van der Waals surface area contributed by atoms with E-state index in [0.717, 1.165) is 50.3 Å². The van der Waals surface area contributed by atoms with E-state index in [1.165, 1.54) is 21.9 Å². The molecule has 0 aromatic heterocycles. The quantitative estimate of drug-likeness (QED) is 0.172. The topological polar surface area (TPSA) is 38.5 Å². The first-order valence-corrected chi connectivity index (χ1v) is 16.2. The third-order valence-corrected chi connectivity index (χ3v) is 8.93. The highest BCUT2D eigenvalue weighted by Crippen LogP contribution is 2.39. The summed E-state index contributed by atoms with van der Waals surface area (Å²) < 4.78 is 6.30. The Balaban J connectivity index is 1.12. The lowest BCUT2D eigenvalue weighted by Gasteiger charge is -2.26. The van der Waals surface area contributed by atoms with Crippen LogP contribution in [0.25, 0.3) is 43.8 Å². The lowest BCUT2D eigenvalue weighted by molar-refractivity contribution is 0.312. The number of nitrogen functional groups attached to an aromatic ring is 1. The molecular formula is C45H34N2O. The van der Waals surface area contributed by atoms with Crippen LogP contribution in [0.5, 0.6) is 5.75 Å². The summed E-state index contributed by atoms with van der Waals surface area (Å²) in [6.07, 6.45) is 0. The molecule has 0 aliphatic carbocycles. The van der Waals surface area contributed by atoms with Crippen LogP contribution in [0.4, 0.5) is 22.7 Å². The van der Waals surface area contributed by atoms with Gasteiger partial charge in [-0.15, -0.1) is 0 Å². The molecule has 0 aliphatic rings. The van der Waals surface area contributed by atoms with Crippen LogP contribution in [0.1, 0.15) is 5.56 Å². The Labute approximate surface area is 281 Å². The molecule has 0 unspecified atom stereocenters. The van der Waals surface area contributed by atoms with Crippen molar-refractivity contribution in [2.45, 2.75) is 6.61 Å². The van der Waals surface area contributed by atoms with Crippen molar-refractivity contribution < 1.29 is 4.74 Å². The van der Waals surface area contributed by atoms with E-state index in [2.05, 4.69) is 163 Å². The normalized spacial score (nSPS) is 11.1. The van der Waals surface area contributed by atoms with Gasteiger partial charge in [0.25, 0.3) is 0 Å². The largest absolute Gasteiger partial charge is 0.486 e. The molecule has 0 saturated heterocycles. The summed E-state index contributed by atoms with van der Waals surface area (Å²) in [5, 5.41) is 4.60. The molecule has 3 heteroatoms. The second kappa shape index (κ2) is 12.8. The third-order valence-electron chi connectivity index (χ3n) is 8.93. The Hall–Kier alpha value is -6.32. The van der Waals surface area contributed by atoms with Gasteiger partial charge in [0.05, 0.1) is 5.69 Å². The van der Waals surface area contributed by atoms with E-state index < -0.39 is 0 Å². The average Bonchev–Trinajstić information content (AvgIpc) is 3.15. The lowest BCUT2D eigenvalue weighted by Crippen LogP contribution is -2.09. The van der Waals surface area contributed by atoms with Gasteiger partial charge in [0.2, 0.25) is 0 Å². The summed E-state index contributed by atoms with van der Waals surface area (Å²) in [4.78, 5) is 2.30. The molecule has 230 valence electrons. The summed E-state index contributed by atoms with van der Waals surface area (Å²) in [6.45, 7) is 0.460. The minimum absolute atomic E-state index is 0.460. The molecule has 0 fully saturated rings. The fraction of sp³-hybridized carbons (Fsp3) is 0.0222. The zero-order valence-corrected chi connectivity index (χ0v) is 26.5. The number of hydrogen-bond donors (Lipinski definition) is 1. The number of fused-ring (bicyclic) bond motifs is 2. The summed E-state index contributed by atoms with van der Waals surface area (Å²) in [5.74, 6) is 0.719. The van der Waals surface area contributed by atoms with Crippen LogP contribution in [0, 0.1) is 0 Å². The monoisotopic (exact) mass is 618 g/mol. The van der Waals surface area contributed by atoms with Gasteiger partial charge in [-0.3, -0.25) is 0 Å². The molecule has 0 aliphatic heterocycles. The van der Waals surface area contributed by atoms with Crippen molar-refractivity contribution in [2.24, 2.45) is 0 Å². The van der Waals surface area contributed by atoms with E-state index >= 15 is 0 Å². The predicted molar refractivity (Wildman–Crippen MR) is 202 cm³/mol. The molecule has 8 rings (SSSR count). The second-order valence-corrected chi connectivity index (χ2v) is 12.0. The molecule has 8 aromatic carbocycles. The maximum Gasteiger partial charge on any atom is 0.150 e. The van der Waals surface area contributed by atoms with Crippen LogP contribution < -0.4 is 15.4 Å². The highest BCUT2D eigenvalue weighted by Gasteiger charge is 2.14. The number of para-hydroxylation sites is 1. The van der Waals surface area contributed by atoms with Gasteiger partial charge in [-0.1, -0.05) is 133 Å². The minimum Gasteiger partial charge on any atom is -0.486 e. The van der Waals surface area contributed by atoms with Gasteiger partial charge in [-0.2, -0.15) is 0 Å². The molecule has 0 amide bonds. The Morgan fingerprint density at radius 1 is 0.438 bits per heavy atom. The lowest BCUT2D eigenvalue weighted by atomic mass is 9.98. The Morgan fingerprint density at radius 2 is 1.00 bits per heavy atom. The third kappa shape index (κ3) is 5.74. The summed E-state index contributed by atoms with van der Waals surface area (Å²) in [6, 6.07) is 63.8. The molecule has 0 radical (unpaired) electrons. The van der Waals surface area contributed by atoms with Crippen molar-refractivity contribution in [3.63, 3.8) is 0 Å². The number of nitrogens with zero attached hydrogens (tertiary/aromatic N) is 1. The van der Waals surface area contributed by atoms with Crippen molar-refractivity contribution in [3.8, 4) is 28.0 Å². The van der Waals surface area contributed by atoms with E-state index in [1.807, 2.05) is 24.3 Å². The molecule has 0 spiro atoms. The van der Waals surface area contributed by atoms with E-state index in [0.29, 0.717) is 12.3 Å². The Bertz CT molecular complexity index is 2330. The molecule has 0 saturated carbocycles. The molecule has 0 bridgehead atoms. The molecule has 8 aromatic rings. The molecule has 3 nitrogen and oxygen atoms in total. The van der Waals surface area contributed by atoms with Crippen molar-refractivity contribution >= 4 is 44.3 Å². The standard InChI is InChI=1S/C45H34N2O/c46-44-29-24-36-18-19-37(30-43(36)45(44)48-31-32-10-3-1-4-11-32)33-20-25-39(26-21-33)47(38-14-5-2-6-15-38)40-27-22-35(23-28-40)42-17-9-13-34-12-7-8-16-41(34)42/h1-30H,31,46H2. The predicted octanol–water partition coefficient (Wildman–Crippen LogP) is 12.0. The second-order valence-electron chi connectivity index (χ2n) is 12.0. The SMILES string of the molecule is Nc1ccc2ccc(-c3ccc(N(c4ccccc4)c4ccc(-c5cccc6ccccc56)cc4)cc3)cc2c1OCc1ccccc1. The van der Waals surface area contributed by atoms with Gasteiger partial charge in [0.1, 0.15) is 6.61 Å². The van der Waals surface area contributed by atoms with E-state index in [4.69, 9.17) is 10.5 Å². The van der Waals surface area contributed by atoms with Gasteiger partial charge in [-0.05, 0) is 92.5 Å². The first kappa shape index (κ1) is 29.1. The highest BCUT2D eigenvalue weighted by molar-refractivity contribution is 5.97. The zero-order chi connectivity index (χ0) is 32.3. The number of hydrogen-bond acceptors (Lipinski definition) is 3. The van der Waals surface area contributed by atoms with Crippen molar-refractivity contribution in [1.82, 2.24) is 0 Å². The minimum atomic E-state index is 0.460. The van der Waals surface area contributed by atoms with E-state index in [9.17, 15) is 0 Å². The fourth-order valence-electron chi connectivity index (χ4n) is 6.47. The van der Waals surface area contributed by atoms with Gasteiger partial charge in [-0.25, -0.2) is 0 Å². The first-order valence-electron chi connectivity index (χ1n) is 16.2. The van der Waals surface area contributed by atoms with Crippen LogP contribution in [-0.2, 0) is 6.61 Å². The van der Waals surface area contributed by atoms with Crippen LogP contribution >= 0.6 is 0 Å². The van der Waals surface area contributed by atoms with Crippen LogP contribution in [0.3, 0.4) is 0 Å². The highest BCUT2D eigenvalue weighted by atomic mass is 16.5. The molecule has 0 heterocycles. The first-order chi connectivity index (χ1) is 23.7. The van der Waals surface area contributed by atoms with Crippen LogP contribution in [-0.4, -0.2) is 0 Å². The molecular weight excluding hydrogens is 585 g/mol. The maximum absolute atomic E-state index is 6.44. The van der Waals surface area contributed by atoms with E-state index in [-0.39, 0.29) is 0 Å². The number of ether oxygens (including phenoxy) is 1. The fourth-order valence-corrected chi connectivity index (χ4v) is 6.47. The Morgan fingerprint density at radius 3 is 1.75 bits per heavy atom. The average molecular weight is 619 g/mol. The van der Waals surface area contributed by atoms with Crippen molar-refractivity contribution in [1.29, 1.82) is 0 Å². The smallest absolute Gasteiger partial charge is 0.150 e. The van der Waals surface area contributed by atoms with E-state index in [1.54, 1.807) is 0 Å². The molecule has 0 atom stereocenters.